The first-order valence-corrected chi connectivity index (χ1v) is 9.48. The molecule has 27 heavy (non-hydrogen) atoms. The molecule has 2 aromatic rings. The van der Waals surface area contributed by atoms with Gasteiger partial charge in [-0.2, -0.15) is 0 Å². The summed E-state index contributed by atoms with van der Waals surface area (Å²) in [5.74, 6) is -0.00402. The van der Waals surface area contributed by atoms with Crippen LogP contribution >= 0.6 is 11.6 Å². The van der Waals surface area contributed by atoms with Crippen LogP contribution in [0.4, 0.5) is 5.69 Å². The van der Waals surface area contributed by atoms with E-state index in [0.29, 0.717) is 11.3 Å². The van der Waals surface area contributed by atoms with E-state index in [0.717, 1.165) is 0 Å². The average Bonchev–Trinajstić information content (AvgIpc) is 2.62. The van der Waals surface area contributed by atoms with Crippen molar-refractivity contribution in [3.8, 4) is 11.5 Å². The molecular weight excluding hydrogens is 396 g/mol. The molecule has 0 aliphatic heterocycles. The number of rotatable bonds is 7. The molecule has 1 amide bonds. The van der Waals surface area contributed by atoms with Crippen LogP contribution in [-0.2, 0) is 14.9 Å². The lowest BCUT2D eigenvalue weighted by Crippen LogP contribution is -2.23. The summed E-state index contributed by atoms with van der Waals surface area (Å²) < 4.78 is 38.5. The highest BCUT2D eigenvalue weighted by Gasteiger charge is 2.22. The molecule has 2 N–H and O–H groups in total. The zero-order valence-corrected chi connectivity index (χ0v) is 16.7. The summed E-state index contributed by atoms with van der Waals surface area (Å²) in [4.78, 5) is 16.4. The molecule has 0 spiro atoms. The highest BCUT2D eigenvalue weighted by molar-refractivity contribution is 7.92. The summed E-state index contributed by atoms with van der Waals surface area (Å²) in [6.45, 7) is 1.62. The molecule has 0 fully saturated rings. The molecular formula is C17H19ClN2O6S. The van der Waals surface area contributed by atoms with Crippen molar-refractivity contribution in [2.24, 2.45) is 0 Å². The molecule has 0 unspecified atom stereocenters. The number of benzene rings is 2. The number of sulfonamides is 1. The van der Waals surface area contributed by atoms with E-state index in [1.54, 1.807) is 6.92 Å². The number of methoxy groups -OCH3 is 2. The van der Waals surface area contributed by atoms with Gasteiger partial charge in [0.25, 0.3) is 15.9 Å². The van der Waals surface area contributed by atoms with Crippen molar-refractivity contribution in [1.82, 2.24) is 5.48 Å². The number of aryl methyl sites for hydroxylation is 1. The van der Waals surface area contributed by atoms with Crippen LogP contribution < -0.4 is 19.7 Å². The van der Waals surface area contributed by atoms with E-state index in [2.05, 4.69) is 15.0 Å². The maximum atomic E-state index is 12.9. The number of carbonyl (C=O) groups is 1. The first kappa shape index (κ1) is 20.8. The molecule has 0 aromatic heterocycles. The zero-order valence-electron chi connectivity index (χ0n) is 15.1. The van der Waals surface area contributed by atoms with Gasteiger partial charge in [0.05, 0.1) is 36.9 Å². The van der Waals surface area contributed by atoms with Crippen LogP contribution in [0.5, 0.6) is 11.5 Å². The Bertz CT molecular complexity index is 962. The van der Waals surface area contributed by atoms with Gasteiger partial charge in [0, 0.05) is 11.6 Å². The molecule has 0 atom stereocenters. The Morgan fingerprint density at radius 3 is 2.30 bits per heavy atom. The molecule has 0 saturated heterocycles. The van der Waals surface area contributed by atoms with E-state index in [9.17, 15) is 13.2 Å². The first-order chi connectivity index (χ1) is 12.7. The summed E-state index contributed by atoms with van der Waals surface area (Å²) in [5, 5.41) is 0.209. The van der Waals surface area contributed by atoms with Crippen LogP contribution in [0.2, 0.25) is 5.02 Å². The fourth-order valence-corrected chi connectivity index (χ4v) is 3.90. The molecule has 8 nitrogen and oxygen atoms in total. The number of amides is 1. The lowest BCUT2D eigenvalue weighted by molar-refractivity contribution is 0.0537. The van der Waals surface area contributed by atoms with E-state index >= 15 is 0 Å². The largest absolute Gasteiger partial charge is 0.495 e. The molecule has 10 heteroatoms. The maximum Gasteiger partial charge on any atom is 0.274 e. The minimum Gasteiger partial charge on any atom is -0.495 e. The van der Waals surface area contributed by atoms with Crippen molar-refractivity contribution in [3.63, 3.8) is 0 Å². The minimum atomic E-state index is -4.03. The molecule has 0 bridgehead atoms. The van der Waals surface area contributed by atoms with E-state index < -0.39 is 15.9 Å². The van der Waals surface area contributed by atoms with Crippen LogP contribution in [0, 0.1) is 6.92 Å². The van der Waals surface area contributed by atoms with Crippen molar-refractivity contribution in [3.05, 3.63) is 46.5 Å². The number of hydrogen-bond donors (Lipinski definition) is 2. The zero-order chi connectivity index (χ0) is 20.2. The lowest BCUT2D eigenvalue weighted by Gasteiger charge is -2.15. The monoisotopic (exact) mass is 414 g/mol. The molecule has 2 rings (SSSR count). The topological polar surface area (TPSA) is 103 Å². The van der Waals surface area contributed by atoms with E-state index in [4.69, 9.17) is 21.1 Å². The molecule has 0 heterocycles. The predicted molar refractivity (Wildman–Crippen MR) is 101 cm³/mol. The van der Waals surface area contributed by atoms with Crippen LogP contribution in [0.15, 0.2) is 35.2 Å². The fraction of sp³-hybridized carbons (Fsp3) is 0.235. The van der Waals surface area contributed by atoms with Gasteiger partial charge in [-0.15, -0.1) is 0 Å². The van der Waals surface area contributed by atoms with Crippen molar-refractivity contribution in [2.75, 3.05) is 26.1 Å². The summed E-state index contributed by atoms with van der Waals surface area (Å²) in [6.07, 6.45) is 0. The molecule has 146 valence electrons. The van der Waals surface area contributed by atoms with Gasteiger partial charge in [-0.25, -0.2) is 13.9 Å². The van der Waals surface area contributed by atoms with Crippen molar-refractivity contribution in [1.29, 1.82) is 0 Å². The Morgan fingerprint density at radius 1 is 1.04 bits per heavy atom. The number of hydrogen-bond acceptors (Lipinski definition) is 6. The highest BCUT2D eigenvalue weighted by atomic mass is 35.5. The van der Waals surface area contributed by atoms with E-state index in [1.807, 2.05) is 0 Å². The minimum absolute atomic E-state index is 0.0692. The second-order valence-corrected chi connectivity index (χ2v) is 7.47. The second-order valence-electron chi connectivity index (χ2n) is 5.41. The Hall–Kier alpha value is -2.49. The quantitative estimate of drug-likeness (QED) is 0.675. The van der Waals surface area contributed by atoms with Gasteiger partial charge in [0.1, 0.15) is 11.5 Å². The number of halogens is 1. The smallest absolute Gasteiger partial charge is 0.274 e. The average molecular weight is 415 g/mol. The number of nitrogens with one attached hydrogen (secondary N) is 2. The van der Waals surface area contributed by atoms with Crippen molar-refractivity contribution >= 4 is 33.2 Å². The van der Waals surface area contributed by atoms with Gasteiger partial charge in [0.2, 0.25) is 0 Å². The van der Waals surface area contributed by atoms with Crippen molar-refractivity contribution < 1.29 is 27.5 Å². The Balaban J connectivity index is 2.47. The van der Waals surface area contributed by atoms with Gasteiger partial charge in [-0.3, -0.25) is 14.4 Å². The molecule has 0 aliphatic rings. The third-order valence-corrected chi connectivity index (χ3v) is 5.46. The molecule has 0 saturated carbocycles. The fourth-order valence-electron chi connectivity index (χ4n) is 2.32. The summed E-state index contributed by atoms with van der Waals surface area (Å²) in [6, 6.07) is 7.12. The Labute approximate surface area is 162 Å². The summed E-state index contributed by atoms with van der Waals surface area (Å²) in [5.41, 5.74) is 2.86. The summed E-state index contributed by atoms with van der Waals surface area (Å²) >= 11 is 6.08. The normalized spacial score (nSPS) is 11.0. The van der Waals surface area contributed by atoms with Crippen LogP contribution in [0.3, 0.4) is 0 Å². The third-order valence-electron chi connectivity index (χ3n) is 3.65. The van der Waals surface area contributed by atoms with E-state index in [1.165, 1.54) is 51.7 Å². The van der Waals surface area contributed by atoms with Crippen LogP contribution in [-0.4, -0.2) is 35.7 Å². The second kappa shape index (κ2) is 8.47. The lowest BCUT2D eigenvalue weighted by atomic mass is 10.1. The van der Waals surface area contributed by atoms with Gasteiger partial charge in [-0.1, -0.05) is 17.7 Å². The number of anilines is 1. The van der Waals surface area contributed by atoms with Gasteiger partial charge in [0.15, 0.2) is 0 Å². The van der Waals surface area contributed by atoms with Gasteiger partial charge >= 0.3 is 0 Å². The molecule has 2 aromatic carbocycles. The molecule has 0 aliphatic carbocycles. The highest BCUT2D eigenvalue weighted by Crippen LogP contribution is 2.37. The van der Waals surface area contributed by atoms with Crippen LogP contribution in [0.1, 0.15) is 15.9 Å². The predicted octanol–water partition coefficient (Wildman–Crippen LogP) is 2.76. The Kier molecular flexibility index (Phi) is 6.53. The van der Waals surface area contributed by atoms with Crippen molar-refractivity contribution in [2.45, 2.75) is 11.8 Å². The van der Waals surface area contributed by atoms with Gasteiger partial charge < -0.3 is 9.47 Å². The number of ether oxygens (including phenoxy) is 2. The maximum absolute atomic E-state index is 12.9. The van der Waals surface area contributed by atoms with E-state index in [-0.39, 0.29) is 26.9 Å². The van der Waals surface area contributed by atoms with Gasteiger partial charge in [-0.05, 0) is 30.7 Å². The standard InChI is InChI=1S/C17H19ClN2O6S/c1-10-5-6-11(17(21)19-26-4)7-16(10)27(22,23)20-13-8-12(18)14(24-2)9-15(13)25-3/h5-9,20H,1-4H3,(H,19,21). The summed E-state index contributed by atoms with van der Waals surface area (Å²) in [7, 11) is 0.0738. The Morgan fingerprint density at radius 2 is 1.70 bits per heavy atom. The first-order valence-electron chi connectivity index (χ1n) is 7.61. The SMILES string of the molecule is CONC(=O)c1ccc(C)c(S(=O)(=O)Nc2cc(Cl)c(OC)cc2OC)c1. The number of hydroxylamine groups is 1. The molecule has 0 radical (unpaired) electrons. The van der Waals surface area contributed by atoms with Crippen LogP contribution in [0.25, 0.3) is 0 Å². The third kappa shape index (κ3) is 4.62. The number of carbonyl (C=O) groups excluding carboxylic acids is 1.